The molecule has 0 fully saturated rings. The molecule has 0 aliphatic rings. The van der Waals surface area contributed by atoms with Gasteiger partial charge in [0.05, 0.1) is 16.7 Å². The number of rotatable bonds is 6. The first-order valence-electron chi connectivity index (χ1n) is 22.0. The minimum Gasteiger partial charge on any atom is -0.508 e. The maximum absolute atomic E-state index is 6.64. The van der Waals surface area contributed by atoms with Crippen LogP contribution in [0, 0.1) is 18.5 Å². The fourth-order valence-corrected chi connectivity index (χ4v) is 8.24. The van der Waals surface area contributed by atoms with Gasteiger partial charge in [-0.2, -0.15) is 6.07 Å². The maximum atomic E-state index is 6.64. The molecule has 9 aromatic rings. The quantitative estimate of drug-likeness (QED) is 0.123. The van der Waals surface area contributed by atoms with Crippen molar-refractivity contribution in [1.29, 1.82) is 0 Å². The predicted molar refractivity (Wildman–Crippen MR) is 258 cm³/mol. The number of hydrogen-bond donors (Lipinski definition) is 0. The van der Waals surface area contributed by atoms with Crippen LogP contribution in [0.1, 0.15) is 105 Å². The van der Waals surface area contributed by atoms with Gasteiger partial charge in [-0.25, -0.2) is 4.98 Å². The molecule has 0 unspecified atom stereocenters. The third-order valence-corrected chi connectivity index (χ3v) is 12.1. The van der Waals surface area contributed by atoms with Crippen molar-refractivity contribution in [2.24, 2.45) is 0 Å². The first kappa shape index (κ1) is 44.8. The molecule has 0 saturated carbocycles. The normalized spacial score (nSPS) is 12.6. The molecule has 0 aliphatic heterocycles. The van der Waals surface area contributed by atoms with E-state index >= 15 is 0 Å². The van der Waals surface area contributed by atoms with Gasteiger partial charge in [-0.05, 0) is 109 Å². The zero-order chi connectivity index (χ0) is 44.6. The van der Waals surface area contributed by atoms with Crippen LogP contribution >= 0.6 is 0 Å². The zero-order valence-corrected chi connectivity index (χ0v) is 41.4. The predicted octanol–water partition coefficient (Wildman–Crippen LogP) is 13.8. The summed E-state index contributed by atoms with van der Waals surface area (Å²) in [6.45, 7) is 27.1. The van der Waals surface area contributed by atoms with Crippen molar-refractivity contribution < 1.29 is 30.4 Å². The van der Waals surface area contributed by atoms with E-state index in [1.165, 1.54) is 27.8 Å². The molecule has 0 amide bonds. The average molecular weight is 1020 g/mol. The first-order valence-corrected chi connectivity index (χ1v) is 22.0. The summed E-state index contributed by atoms with van der Waals surface area (Å²) in [5.74, 6) is 1.86. The number of fused-ring (bicyclic) bond motifs is 4. The van der Waals surface area contributed by atoms with Gasteiger partial charge in [-0.15, -0.1) is 23.6 Å². The summed E-state index contributed by atoms with van der Waals surface area (Å²) >= 11 is 0. The number of benzene rings is 5. The van der Waals surface area contributed by atoms with E-state index in [9.17, 15) is 0 Å². The Kier molecular flexibility index (Phi) is 11.4. The molecule has 0 aliphatic carbocycles. The second-order valence-electron chi connectivity index (χ2n) is 21.0. The summed E-state index contributed by atoms with van der Waals surface area (Å²) in [5, 5.41) is 2.18. The molecule has 0 saturated heterocycles. The van der Waals surface area contributed by atoms with Gasteiger partial charge in [-0.1, -0.05) is 155 Å². The molecule has 6 nitrogen and oxygen atoms in total. The van der Waals surface area contributed by atoms with E-state index < -0.39 is 0 Å². The molecule has 328 valence electrons. The van der Waals surface area contributed by atoms with Crippen LogP contribution in [0.2, 0.25) is 0 Å². The summed E-state index contributed by atoms with van der Waals surface area (Å²) in [5.41, 5.74) is 12.9. The van der Waals surface area contributed by atoms with Crippen LogP contribution in [0.3, 0.4) is 0 Å². The molecule has 0 spiro atoms. The minimum atomic E-state index is -0.0504. The smallest absolute Gasteiger partial charge is 0.268 e. The molecule has 0 atom stereocenters. The van der Waals surface area contributed by atoms with E-state index in [-0.39, 0.29) is 42.7 Å². The Hall–Kier alpha value is -5.84. The molecule has 5 aromatic carbocycles. The summed E-state index contributed by atoms with van der Waals surface area (Å²) in [6.07, 6.45) is 9.16. The van der Waals surface area contributed by atoms with Gasteiger partial charge in [0.15, 0.2) is 0 Å². The zero-order valence-electron chi connectivity index (χ0n) is 39.1. The summed E-state index contributed by atoms with van der Waals surface area (Å²) in [7, 11) is 0. The van der Waals surface area contributed by atoms with E-state index in [1.54, 1.807) is 6.20 Å². The topological polar surface area (TPSA) is 48.8 Å². The summed E-state index contributed by atoms with van der Waals surface area (Å²) in [6, 6.07) is 46.4. The number of imidazole rings is 1. The third-order valence-electron chi connectivity index (χ3n) is 12.1. The standard InChI is InChI=1S/C57H57N5O.Pt/c1-54(2,3)39-19-23-50-52(30-39)60(43-28-41(56(7,8)9)27-42(29-43)57(10,11)12)36-61(50)44-32-46(35-58-34-44)63-45-20-21-47-48-26-38(37-16-14-13-15-17-37)18-22-49(48)62(51(47)33-45)53-31-40(24-25-59-53)55(4,5)6;/h13-31,34-35H,1-12H3;/q-2;. The molecule has 4 heterocycles. The van der Waals surface area contributed by atoms with E-state index in [1.807, 2.05) is 29.1 Å². The van der Waals surface area contributed by atoms with Gasteiger partial charge in [0.2, 0.25) is 0 Å². The van der Waals surface area contributed by atoms with Gasteiger partial charge < -0.3 is 18.9 Å². The van der Waals surface area contributed by atoms with Crippen LogP contribution in [0.15, 0.2) is 128 Å². The van der Waals surface area contributed by atoms with Crippen molar-refractivity contribution in [3.05, 3.63) is 168 Å². The second kappa shape index (κ2) is 16.3. The Balaban J connectivity index is 0.00000560. The van der Waals surface area contributed by atoms with Gasteiger partial charge in [0, 0.05) is 44.3 Å². The molecular formula is C57H57N5OPt-2. The van der Waals surface area contributed by atoms with E-state index in [0.717, 1.165) is 55.6 Å². The van der Waals surface area contributed by atoms with Crippen molar-refractivity contribution in [3.8, 4) is 39.8 Å². The van der Waals surface area contributed by atoms with Crippen molar-refractivity contribution >= 4 is 32.8 Å². The number of hydrogen-bond acceptors (Lipinski definition) is 3. The Morgan fingerprint density at radius 3 is 1.88 bits per heavy atom. The van der Waals surface area contributed by atoms with Crippen LogP contribution < -0.4 is 9.30 Å². The van der Waals surface area contributed by atoms with E-state index in [4.69, 9.17) is 14.7 Å². The number of pyridine rings is 2. The van der Waals surface area contributed by atoms with Crippen LogP contribution in [0.5, 0.6) is 11.5 Å². The van der Waals surface area contributed by atoms with Gasteiger partial charge >= 0.3 is 0 Å². The molecule has 7 heteroatoms. The molecule has 0 bridgehead atoms. The molecular weight excluding hydrogens is 966 g/mol. The Bertz CT molecular complexity index is 3150. The van der Waals surface area contributed by atoms with Crippen LogP contribution in [-0.4, -0.2) is 19.1 Å². The molecule has 9 rings (SSSR count). The van der Waals surface area contributed by atoms with E-state index in [2.05, 4.69) is 208 Å². The Labute approximate surface area is 393 Å². The average Bonchev–Trinajstić information content (AvgIpc) is 3.78. The molecule has 0 radical (unpaired) electrons. The van der Waals surface area contributed by atoms with Gasteiger partial charge in [0.25, 0.3) is 6.33 Å². The van der Waals surface area contributed by atoms with Crippen LogP contribution in [0.25, 0.3) is 61.2 Å². The number of ether oxygens (including phenoxy) is 1. The van der Waals surface area contributed by atoms with E-state index in [0.29, 0.717) is 11.5 Å². The summed E-state index contributed by atoms with van der Waals surface area (Å²) < 4.78 is 13.1. The monoisotopic (exact) mass is 1020 g/mol. The molecule has 4 aromatic heterocycles. The minimum absolute atomic E-state index is 0. The van der Waals surface area contributed by atoms with Crippen molar-refractivity contribution in [3.63, 3.8) is 0 Å². The van der Waals surface area contributed by atoms with Crippen molar-refractivity contribution in [2.75, 3.05) is 0 Å². The third kappa shape index (κ3) is 8.57. The number of aromatic nitrogens is 5. The second-order valence-corrected chi connectivity index (χ2v) is 21.0. The first-order chi connectivity index (χ1) is 29.7. The van der Waals surface area contributed by atoms with Crippen LogP contribution in [0.4, 0.5) is 0 Å². The fourth-order valence-electron chi connectivity index (χ4n) is 8.24. The molecule has 64 heavy (non-hydrogen) atoms. The SMILES string of the molecule is CC(C)(C)c1cc(-[n+]2[c-]n(-c3[c-]c(Oc4[c-]c5c(cc4)c4cc(-c6ccccc6)ccc4n5-c4cc(C(C)(C)C)ccn4)cnc3)c3ccc(C(C)(C)C)cc32)cc(C(C)(C)C)c1.[Pt]. The largest absolute Gasteiger partial charge is 0.508 e. The van der Waals surface area contributed by atoms with Gasteiger partial charge in [-0.3, -0.25) is 4.57 Å². The summed E-state index contributed by atoms with van der Waals surface area (Å²) in [4.78, 5) is 9.61. The number of nitrogens with zero attached hydrogens (tertiary/aromatic N) is 5. The van der Waals surface area contributed by atoms with Crippen LogP contribution in [-0.2, 0) is 42.7 Å². The Morgan fingerprint density at radius 2 is 1.20 bits per heavy atom. The fraction of sp³-hybridized carbons (Fsp3) is 0.281. The van der Waals surface area contributed by atoms with Gasteiger partial charge in [0.1, 0.15) is 5.82 Å². The van der Waals surface area contributed by atoms with Crippen molar-refractivity contribution in [2.45, 2.75) is 105 Å². The molecule has 0 N–H and O–H groups in total. The van der Waals surface area contributed by atoms with Crippen molar-refractivity contribution in [1.82, 2.24) is 19.1 Å². The maximum Gasteiger partial charge on any atom is 0.268 e. The Morgan fingerprint density at radius 1 is 0.547 bits per heavy atom.